The van der Waals surface area contributed by atoms with Gasteiger partial charge in [0.1, 0.15) is 6.61 Å². The minimum atomic E-state index is -1.61. The zero-order valence-corrected chi connectivity index (χ0v) is 4.79. The van der Waals surface area contributed by atoms with Gasteiger partial charge >= 0.3 is 12.1 Å². The highest BCUT2D eigenvalue weighted by molar-refractivity contribution is 5.81. The van der Waals surface area contributed by atoms with Crippen LogP contribution in [0, 0.1) is 0 Å². The fourth-order valence-electron chi connectivity index (χ4n) is 0.245. The number of rotatable bonds is 2. The van der Waals surface area contributed by atoms with Gasteiger partial charge in [-0.2, -0.15) is 0 Å². The quantitative estimate of drug-likeness (QED) is 0.420. The predicted molar refractivity (Wildman–Crippen MR) is 26.0 cm³/mol. The zero-order chi connectivity index (χ0) is 7.28. The molecule has 0 aliphatic rings. The Labute approximate surface area is 51.2 Å². The third kappa shape index (κ3) is 4.76. The molecule has 0 aromatic rings. The Kier molecular flexibility index (Phi) is 3.38. The number of carbonyl (C=O) groups excluding carboxylic acids is 1. The van der Waals surface area contributed by atoms with Gasteiger partial charge in [-0.3, -0.25) is 0 Å². The van der Waals surface area contributed by atoms with Crippen molar-refractivity contribution < 1.29 is 24.2 Å². The van der Waals surface area contributed by atoms with Crippen molar-refractivity contribution in [1.29, 1.82) is 0 Å². The van der Waals surface area contributed by atoms with Gasteiger partial charge in [0, 0.05) is 7.11 Å². The van der Waals surface area contributed by atoms with Crippen molar-refractivity contribution in [3.63, 3.8) is 0 Å². The zero-order valence-electron chi connectivity index (χ0n) is 4.79. The summed E-state index contributed by atoms with van der Waals surface area (Å²) in [6.07, 6.45) is -1.61. The van der Waals surface area contributed by atoms with Crippen LogP contribution in [0.2, 0.25) is 0 Å². The van der Waals surface area contributed by atoms with Crippen molar-refractivity contribution in [2.45, 2.75) is 0 Å². The lowest BCUT2D eigenvalue weighted by Gasteiger charge is -1.94. The first-order chi connectivity index (χ1) is 4.16. The molecule has 52 valence electrons. The van der Waals surface area contributed by atoms with Gasteiger partial charge in [0.05, 0.1) is 0 Å². The van der Waals surface area contributed by atoms with Gasteiger partial charge in [0.25, 0.3) is 0 Å². The van der Waals surface area contributed by atoms with E-state index < -0.39 is 12.1 Å². The molecule has 0 saturated carbocycles. The molecule has 0 heterocycles. The highest BCUT2D eigenvalue weighted by atomic mass is 16.7. The molecule has 0 aliphatic heterocycles. The summed E-state index contributed by atoms with van der Waals surface area (Å²) in [5.74, 6) is -0.912. The first-order valence-corrected chi connectivity index (χ1v) is 2.09. The molecular weight excluding hydrogens is 128 g/mol. The van der Waals surface area contributed by atoms with Gasteiger partial charge < -0.3 is 14.6 Å². The van der Waals surface area contributed by atoms with Crippen LogP contribution in [-0.2, 0) is 14.3 Å². The number of ether oxygens (including phenoxy) is 2. The van der Waals surface area contributed by atoms with E-state index in [1.54, 1.807) is 0 Å². The molecular formula is C4H6O5. The first kappa shape index (κ1) is 7.90. The second-order valence-corrected chi connectivity index (χ2v) is 1.17. The molecule has 0 aromatic heterocycles. The van der Waals surface area contributed by atoms with Crippen LogP contribution in [0.5, 0.6) is 0 Å². The van der Waals surface area contributed by atoms with Gasteiger partial charge in [-0.1, -0.05) is 0 Å². The number of hydrogen-bond donors (Lipinski definition) is 1. The SMILES string of the molecule is COCC(=O)OC(=O)O. The molecule has 0 rings (SSSR count). The Morgan fingerprint density at radius 3 is 2.44 bits per heavy atom. The van der Waals surface area contributed by atoms with Crippen molar-refractivity contribution in [2.75, 3.05) is 13.7 Å². The minimum absolute atomic E-state index is 0.341. The van der Waals surface area contributed by atoms with Crippen molar-refractivity contribution >= 4 is 12.1 Å². The maximum absolute atomic E-state index is 10.1. The summed E-state index contributed by atoms with van der Waals surface area (Å²) in [7, 11) is 1.27. The Morgan fingerprint density at radius 1 is 1.56 bits per heavy atom. The van der Waals surface area contributed by atoms with Crippen molar-refractivity contribution in [2.24, 2.45) is 0 Å². The van der Waals surface area contributed by atoms with E-state index >= 15 is 0 Å². The van der Waals surface area contributed by atoms with E-state index in [1.807, 2.05) is 0 Å². The molecule has 5 heteroatoms. The van der Waals surface area contributed by atoms with Crippen LogP contribution in [-0.4, -0.2) is 30.9 Å². The third-order valence-electron chi connectivity index (χ3n) is 0.463. The number of hydrogen-bond acceptors (Lipinski definition) is 4. The summed E-state index contributed by atoms with van der Waals surface area (Å²) in [5, 5.41) is 7.81. The summed E-state index contributed by atoms with van der Waals surface area (Å²) in [5.41, 5.74) is 0. The highest BCUT2D eigenvalue weighted by Crippen LogP contribution is 1.78. The summed E-state index contributed by atoms with van der Waals surface area (Å²) >= 11 is 0. The van der Waals surface area contributed by atoms with Crippen LogP contribution < -0.4 is 0 Å². The Bertz CT molecular complexity index is 118. The summed E-state index contributed by atoms with van der Waals surface area (Å²) in [6, 6.07) is 0. The monoisotopic (exact) mass is 134 g/mol. The van der Waals surface area contributed by atoms with Crippen LogP contribution in [0.4, 0.5) is 4.79 Å². The van der Waals surface area contributed by atoms with E-state index in [2.05, 4.69) is 9.47 Å². The standard InChI is InChI=1S/C4H6O5/c1-8-2-3(5)9-4(6)7/h2H2,1H3,(H,6,7). The van der Waals surface area contributed by atoms with Gasteiger partial charge in [0.2, 0.25) is 0 Å². The van der Waals surface area contributed by atoms with Crippen molar-refractivity contribution in [1.82, 2.24) is 0 Å². The Balaban J connectivity index is 3.39. The molecule has 0 bridgehead atoms. The lowest BCUT2D eigenvalue weighted by Crippen LogP contribution is -2.14. The number of esters is 1. The Morgan fingerprint density at radius 2 is 2.11 bits per heavy atom. The molecule has 0 radical (unpaired) electrons. The first-order valence-electron chi connectivity index (χ1n) is 2.09. The molecule has 0 spiro atoms. The van der Waals surface area contributed by atoms with E-state index in [9.17, 15) is 9.59 Å². The average Bonchev–Trinajstić information content (AvgIpc) is 1.63. The van der Waals surface area contributed by atoms with E-state index in [-0.39, 0.29) is 6.61 Å². The average molecular weight is 134 g/mol. The summed E-state index contributed by atoms with van der Waals surface area (Å²) in [6.45, 7) is -0.341. The third-order valence-corrected chi connectivity index (χ3v) is 0.463. The molecule has 0 fully saturated rings. The number of carbonyl (C=O) groups is 2. The van der Waals surface area contributed by atoms with Crippen LogP contribution in [0.3, 0.4) is 0 Å². The highest BCUT2D eigenvalue weighted by Gasteiger charge is 2.05. The maximum atomic E-state index is 10.1. The molecule has 9 heavy (non-hydrogen) atoms. The fraction of sp³-hybridized carbons (Fsp3) is 0.500. The second kappa shape index (κ2) is 3.85. The maximum Gasteiger partial charge on any atom is 0.513 e. The normalized spacial score (nSPS) is 8.56. The molecule has 1 N–H and O–H groups in total. The predicted octanol–water partition coefficient (Wildman–Crippen LogP) is -0.146. The molecule has 0 aromatic carbocycles. The van der Waals surface area contributed by atoms with Crippen LogP contribution >= 0.6 is 0 Å². The van der Waals surface area contributed by atoms with Gasteiger partial charge in [-0.05, 0) is 0 Å². The molecule has 0 saturated heterocycles. The fourth-order valence-corrected chi connectivity index (χ4v) is 0.245. The lowest BCUT2D eigenvalue weighted by atomic mass is 10.7. The topological polar surface area (TPSA) is 72.8 Å². The number of methoxy groups -OCH3 is 1. The van der Waals surface area contributed by atoms with Crippen LogP contribution in [0.25, 0.3) is 0 Å². The molecule has 0 amide bonds. The van der Waals surface area contributed by atoms with Crippen molar-refractivity contribution in [3.05, 3.63) is 0 Å². The molecule has 0 aliphatic carbocycles. The van der Waals surface area contributed by atoms with Crippen molar-refractivity contribution in [3.8, 4) is 0 Å². The number of carboxylic acid groups (broad SMARTS) is 1. The van der Waals surface area contributed by atoms with E-state index in [0.29, 0.717) is 0 Å². The molecule has 0 atom stereocenters. The largest absolute Gasteiger partial charge is 0.513 e. The summed E-state index contributed by atoms with van der Waals surface area (Å²) in [4.78, 5) is 19.7. The van der Waals surface area contributed by atoms with Gasteiger partial charge in [0.15, 0.2) is 0 Å². The Hall–Kier alpha value is -1.10. The van der Waals surface area contributed by atoms with Crippen LogP contribution in [0.15, 0.2) is 0 Å². The minimum Gasteiger partial charge on any atom is -0.449 e. The summed E-state index contributed by atoms with van der Waals surface area (Å²) < 4.78 is 7.91. The second-order valence-electron chi connectivity index (χ2n) is 1.17. The molecule has 0 unspecified atom stereocenters. The van der Waals surface area contributed by atoms with Crippen LogP contribution in [0.1, 0.15) is 0 Å². The van der Waals surface area contributed by atoms with Gasteiger partial charge in [-0.15, -0.1) is 0 Å². The van der Waals surface area contributed by atoms with Gasteiger partial charge in [-0.25, -0.2) is 9.59 Å². The van der Waals surface area contributed by atoms with E-state index in [0.717, 1.165) is 0 Å². The lowest BCUT2D eigenvalue weighted by molar-refractivity contribution is -0.143. The molecule has 5 nitrogen and oxygen atoms in total. The van der Waals surface area contributed by atoms with E-state index in [1.165, 1.54) is 7.11 Å². The van der Waals surface area contributed by atoms with E-state index in [4.69, 9.17) is 5.11 Å². The smallest absolute Gasteiger partial charge is 0.449 e.